The number of hydrogen-bond acceptors (Lipinski definition) is 5. The van der Waals surface area contributed by atoms with Gasteiger partial charge in [-0.25, -0.2) is 14.4 Å². The second kappa shape index (κ2) is 13.7. The summed E-state index contributed by atoms with van der Waals surface area (Å²) in [6.07, 6.45) is 9.06. The molecular formula is C30H36N2O6. The van der Waals surface area contributed by atoms with Crippen molar-refractivity contribution in [1.29, 1.82) is 0 Å². The maximum absolute atomic E-state index is 12.5. The number of carbonyl (C=O) groups is 3. The number of aliphatic carboxylic acids is 1. The lowest BCUT2D eigenvalue weighted by molar-refractivity contribution is -0.139. The van der Waals surface area contributed by atoms with Crippen LogP contribution in [0, 0.1) is 0 Å². The number of allylic oxidation sites excluding steroid dienone is 1. The molecule has 8 nitrogen and oxygen atoms in total. The smallest absolute Gasteiger partial charge is 0.407 e. The molecule has 202 valence electrons. The Morgan fingerprint density at radius 2 is 1.63 bits per heavy atom. The van der Waals surface area contributed by atoms with E-state index < -0.39 is 24.2 Å². The third kappa shape index (κ3) is 7.37. The number of carboxylic acid groups (broad SMARTS) is 1. The van der Waals surface area contributed by atoms with Gasteiger partial charge < -0.3 is 25.2 Å². The summed E-state index contributed by atoms with van der Waals surface area (Å²) in [7, 11) is 0. The molecule has 0 saturated heterocycles. The van der Waals surface area contributed by atoms with Gasteiger partial charge >= 0.3 is 18.2 Å². The summed E-state index contributed by atoms with van der Waals surface area (Å²) >= 11 is 0. The maximum Gasteiger partial charge on any atom is 0.407 e. The molecule has 2 aromatic carbocycles. The number of rotatable bonds is 10. The van der Waals surface area contributed by atoms with Gasteiger partial charge in [0, 0.05) is 12.5 Å². The quantitative estimate of drug-likeness (QED) is 0.271. The van der Waals surface area contributed by atoms with Crippen LogP contribution in [0.1, 0.15) is 68.4 Å². The zero-order valence-corrected chi connectivity index (χ0v) is 21.6. The topological polar surface area (TPSA) is 114 Å². The van der Waals surface area contributed by atoms with E-state index in [1.54, 1.807) is 0 Å². The van der Waals surface area contributed by atoms with Crippen molar-refractivity contribution < 1.29 is 29.0 Å². The Bertz CT molecular complexity index is 1100. The number of hydrogen-bond donors (Lipinski definition) is 3. The van der Waals surface area contributed by atoms with Crippen LogP contribution in [-0.4, -0.2) is 48.6 Å². The minimum absolute atomic E-state index is 0.0971. The Kier molecular flexibility index (Phi) is 9.78. The number of amides is 2. The molecule has 38 heavy (non-hydrogen) atoms. The SMILES string of the molecule is O=C(N[C@@H](CCCCNC(=O)O[C@H]1/C=C/CCCCC1)C(=O)O)OCC1c2ccccc2-c2ccccc21. The van der Waals surface area contributed by atoms with Crippen molar-refractivity contribution in [3.8, 4) is 11.1 Å². The molecule has 0 aliphatic heterocycles. The first-order valence-corrected chi connectivity index (χ1v) is 13.5. The van der Waals surface area contributed by atoms with Gasteiger partial charge in [0.25, 0.3) is 0 Å². The molecule has 0 saturated carbocycles. The minimum atomic E-state index is -1.12. The second-order valence-electron chi connectivity index (χ2n) is 9.79. The van der Waals surface area contributed by atoms with E-state index in [1.165, 1.54) is 6.42 Å². The number of unbranched alkanes of at least 4 members (excludes halogenated alkanes) is 1. The van der Waals surface area contributed by atoms with E-state index in [-0.39, 0.29) is 25.0 Å². The first-order chi connectivity index (χ1) is 18.5. The summed E-state index contributed by atoms with van der Waals surface area (Å²) in [4.78, 5) is 36.2. The molecule has 0 radical (unpaired) electrons. The van der Waals surface area contributed by atoms with E-state index in [4.69, 9.17) is 9.47 Å². The molecule has 0 bridgehead atoms. The lowest BCUT2D eigenvalue weighted by Gasteiger charge is -2.18. The summed E-state index contributed by atoms with van der Waals surface area (Å²) < 4.78 is 10.9. The van der Waals surface area contributed by atoms with Crippen molar-refractivity contribution >= 4 is 18.2 Å². The zero-order valence-electron chi connectivity index (χ0n) is 21.6. The van der Waals surface area contributed by atoms with Gasteiger partial charge in [-0.1, -0.05) is 61.0 Å². The van der Waals surface area contributed by atoms with Crippen molar-refractivity contribution in [2.45, 2.75) is 69.4 Å². The summed E-state index contributed by atoms with van der Waals surface area (Å²) in [5, 5.41) is 14.8. The second-order valence-corrected chi connectivity index (χ2v) is 9.79. The lowest BCUT2D eigenvalue weighted by Crippen LogP contribution is -2.41. The highest BCUT2D eigenvalue weighted by molar-refractivity contribution is 5.81. The van der Waals surface area contributed by atoms with E-state index in [2.05, 4.69) is 28.8 Å². The van der Waals surface area contributed by atoms with E-state index in [0.717, 1.165) is 47.9 Å². The van der Waals surface area contributed by atoms with Crippen LogP contribution in [-0.2, 0) is 14.3 Å². The van der Waals surface area contributed by atoms with Gasteiger partial charge in [-0.2, -0.15) is 0 Å². The summed E-state index contributed by atoms with van der Waals surface area (Å²) in [5.74, 6) is -1.22. The van der Waals surface area contributed by atoms with Crippen LogP contribution < -0.4 is 10.6 Å². The highest BCUT2D eigenvalue weighted by atomic mass is 16.6. The molecular weight excluding hydrogens is 484 g/mol. The van der Waals surface area contributed by atoms with Crippen molar-refractivity contribution in [2.24, 2.45) is 0 Å². The Hall–Kier alpha value is -3.81. The Balaban J connectivity index is 1.18. The van der Waals surface area contributed by atoms with Crippen molar-refractivity contribution in [1.82, 2.24) is 10.6 Å². The monoisotopic (exact) mass is 520 g/mol. The third-order valence-corrected chi connectivity index (χ3v) is 7.09. The zero-order chi connectivity index (χ0) is 26.7. The van der Waals surface area contributed by atoms with Gasteiger partial charge in [0.1, 0.15) is 18.8 Å². The minimum Gasteiger partial charge on any atom is -0.480 e. The van der Waals surface area contributed by atoms with E-state index >= 15 is 0 Å². The molecule has 8 heteroatoms. The summed E-state index contributed by atoms with van der Waals surface area (Å²) in [6.45, 7) is 0.487. The number of carbonyl (C=O) groups excluding carboxylic acids is 2. The van der Waals surface area contributed by atoms with Crippen LogP contribution in [0.15, 0.2) is 60.7 Å². The molecule has 0 spiro atoms. The van der Waals surface area contributed by atoms with Crippen molar-refractivity contribution in [3.05, 3.63) is 71.8 Å². The number of nitrogens with one attached hydrogen (secondary N) is 2. The Morgan fingerprint density at radius 1 is 0.921 bits per heavy atom. The molecule has 3 N–H and O–H groups in total. The van der Waals surface area contributed by atoms with Gasteiger partial charge in [-0.05, 0) is 73.3 Å². The molecule has 0 unspecified atom stereocenters. The number of ether oxygens (including phenoxy) is 2. The molecule has 2 atom stereocenters. The number of fused-ring (bicyclic) bond motifs is 3. The standard InChI is InChI=1S/C30H36N2O6/c33-28(34)27(18-10-11-19-31-29(35)38-21-12-4-2-1-3-5-13-21)32-30(36)37-20-26-24-16-8-6-14-22(24)23-15-7-9-17-25(23)26/h4,6-9,12,14-17,21,26-27H,1-3,5,10-11,13,18-20H2,(H,31,35)(H,32,36)(H,33,34)/b12-4+/t21-,27-/m0/s1. The van der Waals surface area contributed by atoms with Crippen molar-refractivity contribution in [2.75, 3.05) is 13.2 Å². The fourth-order valence-electron chi connectivity index (χ4n) is 5.11. The van der Waals surface area contributed by atoms with Gasteiger partial charge in [-0.3, -0.25) is 0 Å². The molecule has 2 aliphatic carbocycles. The fraction of sp³-hybridized carbons (Fsp3) is 0.433. The van der Waals surface area contributed by atoms with Crippen LogP contribution >= 0.6 is 0 Å². The first kappa shape index (κ1) is 27.2. The average molecular weight is 521 g/mol. The number of alkyl carbamates (subject to hydrolysis) is 2. The predicted molar refractivity (Wildman–Crippen MR) is 144 cm³/mol. The number of carboxylic acids is 1. The van der Waals surface area contributed by atoms with Crippen LogP contribution in [0.25, 0.3) is 11.1 Å². The molecule has 0 aromatic heterocycles. The fourth-order valence-corrected chi connectivity index (χ4v) is 5.11. The normalized spacial score (nSPS) is 18.2. The Morgan fingerprint density at radius 3 is 2.34 bits per heavy atom. The average Bonchev–Trinajstić information content (AvgIpc) is 3.21. The predicted octanol–water partition coefficient (Wildman–Crippen LogP) is 5.76. The van der Waals surface area contributed by atoms with Gasteiger partial charge in [0.2, 0.25) is 0 Å². The van der Waals surface area contributed by atoms with E-state index in [9.17, 15) is 19.5 Å². The maximum atomic E-state index is 12.5. The van der Waals surface area contributed by atoms with E-state index in [1.807, 2.05) is 42.5 Å². The summed E-state index contributed by atoms with van der Waals surface area (Å²) in [6, 6.07) is 15.0. The van der Waals surface area contributed by atoms with E-state index in [0.29, 0.717) is 19.4 Å². The molecule has 2 aromatic rings. The molecule has 2 amide bonds. The van der Waals surface area contributed by atoms with Gasteiger partial charge in [-0.15, -0.1) is 0 Å². The molecule has 4 rings (SSSR count). The van der Waals surface area contributed by atoms with Crippen LogP contribution in [0.5, 0.6) is 0 Å². The van der Waals surface area contributed by atoms with Crippen LogP contribution in [0.4, 0.5) is 9.59 Å². The molecule has 0 heterocycles. The highest BCUT2D eigenvalue weighted by Crippen LogP contribution is 2.44. The lowest BCUT2D eigenvalue weighted by atomic mass is 9.98. The number of benzene rings is 2. The molecule has 0 fully saturated rings. The van der Waals surface area contributed by atoms with Gasteiger partial charge in [0.15, 0.2) is 0 Å². The van der Waals surface area contributed by atoms with Gasteiger partial charge in [0.05, 0.1) is 0 Å². The Labute approximate surface area is 223 Å². The van der Waals surface area contributed by atoms with Crippen molar-refractivity contribution in [3.63, 3.8) is 0 Å². The summed E-state index contributed by atoms with van der Waals surface area (Å²) in [5.41, 5.74) is 4.43. The molecule has 2 aliphatic rings. The van der Waals surface area contributed by atoms with Crippen LogP contribution in [0.3, 0.4) is 0 Å². The largest absolute Gasteiger partial charge is 0.480 e. The van der Waals surface area contributed by atoms with Crippen LogP contribution in [0.2, 0.25) is 0 Å². The highest BCUT2D eigenvalue weighted by Gasteiger charge is 2.29. The first-order valence-electron chi connectivity index (χ1n) is 13.5. The third-order valence-electron chi connectivity index (χ3n) is 7.09.